The fraction of sp³-hybridized carbons (Fsp3) is 0.0833. The molecule has 156 valence electrons. The Balaban J connectivity index is 1.63. The maximum absolute atomic E-state index is 12.7. The lowest BCUT2D eigenvalue weighted by Crippen LogP contribution is -2.02. The molecule has 3 aromatic carbocycles. The molecule has 4 rings (SSSR count). The van der Waals surface area contributed by atoms with Gasteiger partial charge in [0, 0.05) is 26.7 Å². The van der Waals surface area contributed by atoms with Crippen molar-refractivity contribution in [3.63, 3.8) is 0 Å². The van der Waals surface area contributed by atoms with Gasteiger partial charge in [0.25, 0.3) is 0 Å². The van der Waals surface area contributed by atoms with Crippen LogP contribution in [-0.2, 0) is 6.61 Å². The molecule has 0 atom stereocenters. The largest absolute Gasteiger partial charge is 0.493 e. The lowest BCUT2D eigenvalue weighted by atomic mass is 10.1. The Morgan fingerprint density at radius 1 is 0.968 bits per heavy atom. The minimum absolute atomic E-state index is 0.140. The monoisotopic (exact) mass is 564 g/mol. The molecule has 1 aliphatic carbocycles. The number of ether oxygens (including phenoxy) is 2. The number of hydrogen-bond donors (Lipinski definition) is 0. The number of fused-ring (bicyclic) bond motifs is 1. The molecule has 0 saturated carbocycles. The predicted molar refractivity (Wildman–Crippen MR) is 130 cm³/mol. The van der Waals surface area contributed by atoms with Crippen LogP contribution in [0.15, 0.2) is 60.2 Å². The van der Waals surface area contributed by atoms with Crippen molar-refractivity contribution < 1.29 is 19.1 Å². The molecule has 0 unspecified atom stereocenters. The molecule has 0 aliphatic heterocycles. The van der Waals surface area contributed by atoms with Gasteiger partial charge in [-0.25, -0.2) is 0 Å². The number of benzene rings is 3. The van der Waals surface area contributed by atoms with Crippen molar-refractivity contribution in [2.45, 2.75) is 6.61 Å². The van der Waals surface area contributed by atoms with E-state index in [1.165, 1.54) is 7.11 Å². The molecule has 0 saturated heterocycles. The summed E-state index contributed by atoms with van der Waals surface area (Å²) in [6, 6.07) is 15.6. The zero-order valence-electron chi connectivity index (χ0n) is 16.2. The van der Waals surface area contributed by atoms with E-state index in [-0.39, 0.29) is 23.7 Å². The lowest BCUT2D eigenvalue weighted by molar-refractivity contribution is 0.0990. The first-order valence-corrected chi connectivity index (χ1v) is 11.1. The Morgan fingerprint density at radius 2 is 1.65 bits per heavy atom. The SMILES string of the molecule is COc1cc(C=C2C(=O)c3ccccc3C2=O)cc(I)c1OCc1ccc(Cl)cc1Cl. The summed E-state index contributed by atoms with van der Waals surface area (Å²) in [6.07, 6.45) is 1.59. The molecule has 1 aliphatic rings. The van der Waals surface area contributed by atoms with Crippen molar-refractivity contribution in [1.29, 1.82) is 0 Å². The van der Waals surface area contributed by atoms with Gasteiger partial charge in [-0.2, -0.15) is 0 Å². The van der Waals surface area contributed by atoms with E-state index >= 15 is 0 Å². The van der Waals surface area contributed by atoms with Crippen LogP contribution in [0.25, 0.3) is 6.08 Å². The van der Waals surface area contributed by atoms with Crippen molar-refractivity contribution in [2.75, 3.05) is 7.11 Å². The van der Waals surface area contributed by atoms with E-state index in [4.69, 9.17) is 32.7 Å². The minimum atomic E-state index is -0.271. The summed E-state index contributed by atoms with van der Waals surface area (Å²) in [6.45, 7) is 0.231. The summed E-state index contributed by atoms with van der Waals surface area (Å²) >= 11 is 14.3. The number of hydrogen-bond acceptors (Lipinski definition) is 4. The van der Waals surface area contributed by atoms with Crippen molar-refractivity contribution in [3.8, 4) is 11.5 Å². The number of ketones is 2. The van der Waals surface area contributed by atoms with Crippen LogP contribution in [0.3, 0.4) is 0 Å². The molecule has 0 spiro atoms. The second-order valence-electron chi connectivity index (χ2n) is 6.82. The van der Waals surface area contributed by atoms with Gasteiger partial charge in [0.15, 0.2) is 23.1 Å². The fourth-order valence-electron chi connectivity index (χ4n) is 3.32. The highest BCUT2D eigenvalue weighted by molar-refractivity contribution is 14.1. The van der Waals surface area contributed by atoms with Crippen LogP contribution in [0, 0.1) is 3.57 Å². The molecule has 0 heterocycles. The van der Waals surface area contributed by atoms with E-state index < -0.39 is 0 Å². The fourth-order valence-corrected chi connectivity index (χ4v) is 4.57. The average molecular weight is 565 g/mol. The number of Topliss-reactive ketones (excluding diaryl/α,β-unsaturated/α-hetero) is 2. The first-order chi connectivity index (χ1) is 14.9. The van der Waals surface area contributed by atoms with Crippen LogP contribution in [0.4, 0.5) is 0 Å². The standard InChI is InChI=1S/C24H15Cl2IO4/c1-30-21-10-13(8-18-22(28)16-4-2-3-5-17(16)23(18)29)9-20(27)24(21)31-12-14-6-7-15(25)11-19(14)26/h2-11H,12H2,1H3. The average Bonchev–Trinajstić information content (AvgIpc) is 2.99. The second kappa shape index (κ2) is 9.02. The van der Waals surface area contributed by atoms with Gasteiger partial charge >= 0.3 is 0 Å². The van der Waals surface area contributed by atoms with Gasteiger partial charge in [0.2, 0.25) is 0 Å². The summed E-state index contributed by atoms with van der Waals surface area (Å²) in [7, 11) is 1.53. The molecular weight excluding hydrogens is 550 g/mol. The highest BCUT2D eigenvalue weighted by Crippen LogP contribution is 2.37. The van der Waals surface area contributed by atoms with Crippen LogP contribution in [0.2, 0.25) is 10.0 Å². The summed E-state index contributed by atoms with van der Waals surface area (Å²) in [5.74, 6) is 0.488. The lowest BCUT2D eigenvalue weighted by Gasteiger charge is -2.14. The zero-order chi connectivity index (χ0) is 22.1. The van der Waals surface area contributed by atoms with Crippen molar-refractivity contribution in [2.24, 2.45) is 0 Å². The number of carbonyl (C=O) groups is 2. The molecule has 4 nitrogen and oxygen atoms in total. The maximum atomic E-state index is 12.7. The van der Waals surface area contributed by atoms with E-state index in [9.17, 15) is 9.59 Å². The summed E-state index contributed by atoms with van der Waals surface area (Å²) < 4.78 is 12.2. The van der Waals surface area contributed by atoms with Crippen LogP contribution >= 0.6 is 45.8 Å². The number of methoxy groups -OCH3 is 1. The molecule has 0 aromatic heterocycles. The zero-order valence-corrected chi connectivity index (χ0v) is 19.9. The topological polar surface area (TPSA) is 52.6 Å². The van der Waals surface area contributed by atoms with Gasteiger partial charge in [-0.3, -0.25) is 9.59 Å². The van der Waals surface area contributed by atoms with Gasteiger partial charge in [-0.15, -0.1) is 0 Å². The summed E-state index contributed by atoms with van der Waals surface area (Å²) in [5.41, 5.74) is 2.46. The van der Waals surface area contributed by atoms with E-state index in [1.807, 2.05) is 6.07 Å². The Labute approximate surface area is 202 Å². The molecule has 3 aromatic rings. The quantitative estimate of drug-likeness (QED) is 0.198. The highest BCUT2D eigenvalue weighted by atomic mass is 127. The summed E-state index contributed by atoms with van der Waals surface area (Å²) in [4.78, 5) is 25.3. The van der Waals surface area contributed by atoms with Crippen molar-refractivity contribution >= 4 is 63.4 Å². The van der Waals surface area contributed by atoms with Gasteiger partial charge in [-0.1, -0.05) is 53.5 Å². The van der Waals surface area contributed by atoms with E-state index in [0.29, 0.717) is 38.2 Å². The summed E-state index contributed by atoms with van der Waals surface area (Å²) in [5, 5.41) is 1.07. The van der Waals surface area contributed by atoms with E-state index in [1.54, 1.807) is 54.6 Å². The molecule has 0 bridgehead atoms. The number of halogens is 3. The van der Waals surface area contributed by atoms with Crippen molar-refractivity contribution in [1.82, 2.24) is 0 Å². The molecule has 0 amide bonds. The third kappa shape index (κ3) is 4.35. The maximum Gasteiger partial charge on any atom is 0.197 e. The van der Waals surface area contributed by atoms with Crippen LogP contribution < -0.4 is 9.47 Å². The van der Waals surface area contributed by atoms with Crippen molar-refractivity contribution in [3.05, 3.63) is 96.0 Å². The third-order valence-corrected chi connectivity index (χ3v) is 6.24. The molecule has 31 heavy (non-hydrogen) atoms. The van der Waals surface area contributed by atoms with E-state index in [0.717, 1.165) is 9.13 Å². The minimum Gasteiger partial charge on any atom is -0.493 e. The molecule has 0 fully saturated rings. The molecule has 7 heteroatoms. The molecule has 0 N–H and O–H groups in total. The highest BCUT2D eigenvalue weighted by Gasteiger charge is 2.32. The van der Waals surface area contributed by atoms with Gasteiger partial charge < -0.3 is 9.47 Å². The van der Waals surface area contributed by atoms with Gasteiger partial charge in [0.05, 0.1) is 16.3 Å². The molecular formula is C24H15Cl2IO4. The number of allylic oxidation sites excluding steroid dienone is 1. The first-order valence-electron chi connectivity index (χ1n) is 9.23. The normalized spacial score (nSPS) is 12.7. The Hall–Kier alpha value is -2.35. The van der Waals surface area contributed by atoms with E-state index in [2.05, 4.69) is 22.6 Å². The Kier molecular flexibility index (Phi) is 6.36. The predicted octanol–water partition coefficient (Wildman–Crippen LogP) is 6.65. The smallest absolute Gasteiger partial charge is 0.197 e. The first kappa shape index (κ1) is 21.9. The van der Waals surface area contributed by atoms with Gasteiger partial charge in [-0.05, 0) is 58.5 Å². The Bertz CT molecular complexity index is 1210. The molecule has 0 radical (unpaired) electrons. The Morgan fingerprint density at radius 3 is 2.26 bits per heavy atom. The van der Waals surface area contributed by atoms with Crippen LogP contribution in [-0.4, -0.2) is 18.7 Å². The van der Waals surface area contributed by atoms with Crippen LogP contribution in [0.1, 0.15) is 31.8 Å². The van der Waals surface area contributed by atoms with Gasteiger partial charge in [0.1, 0.15) is 6.61 Å². The number of rotatable bonds is 5. The number of carbonyl (C=O) groups excluding carboxylic acids is 2. The second-order valence-corrected chi connectivity index (χ2v) is 8.83. The third-order valence-electron chi connectivity index (χ3n) is 4.86. The van der Waals surface area contributed by atoms with Crippen LogP contribution in [0.5, 0.6) is 11.5 Å².